The molecule has 2 fully saturated rings. The number of hydrogen-bond acceptors (Lipinski definition) is 6. The van der Waals surface area contributed by atoms with Crippen molar-refractivity contribution in [2.24, 2.45) is 5.73 Å². The Morgan fingerprint density at radius 1 is 1.11 bits per heavy atom. The van der Waals surface area contributed by atoms with E-state index in [1.165, 1.54) is 0 Å². The lowest BCUT2D eigenvalue weighted by Crippen LogP contribution is -2.54. The average Bonchev–Trinajstić information content (AvgIpc) is 2.88. The second-order valence-electron chi connectivity index (χ2n) is 7.93. The number of rotatable bonds is 3. The quantitative estimate of drug-likeness (QED) is 0.730. The summed E-state index contributed by atoms with van der Waals surface area (Å²) in [6, 6.07) is 4.93. The maximum atomic E-state index is 12.9. The topological polar surface area (TPSA) is 113 Å². The molecule has 0 saturated carbocycles. The van der Waals surface area contributed by atoms with E-state index in [0.717, 1.165) is 29.8 Å². The molecule has 28 heavy (non-hydrogen) atoms. The van der Waals surface area contributed by atoms with Gasteiger partial charge in [0, 0.05) is 31.6 Å². The molecule has 1 aromatic rings. The number of fused-ring (bicyclic) bond motifs is 1. The highest BCUT2D eigenvalue weighted by Crippen LogP contribution is 2.29. The van der Waals surface area contributed by atoms with E-state index in [2.05, 4.69) is 17.1 Å². The van der Waals surface area contributed by atoms with Crippen molar-refractivity contribution in [1.29, 1.82) is 0 Å². The highest BCUT2D eigenvalue weighted by atomic mass is 16.2. The molecule has 148 valence electrons. The summed E-state index contributed by atoms with van der Waals surface area (Å²) in [4.78, 5) is 52.5. The standard InChI is InChI=1S/C20H24N4O4/c1-11-8-13(21)6-7-23(11)10-12-2-3-14-15(9-12)20(28)24(19(14)27)16-4-5-17(25)22-18(16)26/h2-3,9,11,13,16H,4-8,10,21H2,1H3,(H,22,25,26). The third kappa shape index (κ3) is 3.22. The zero-order valence-electron chi connectivity index (χ0n) is 15.8. The molecule has 3 atom stereocenters. The van der Waals surface area contributed by atoms with Crippen LogP contribution in [0.5, 0.6) is 0 Å². The molecule has 3 aliphatic rings. The van der Waals surface area contributed by atoms with Gasteiger partial charge in [-0.25, -0.2) is 0 Å². The zero-order valence-corrected chi connectivity index (χ0v) is 15.8. The number of carbonyl (C=O) groups excluding carboxylic acids is 4. The Balaban J connectivity index is 1.54. The summed E-state index contributed by atoms with van der Waals surface area (Å²) in [6.45, 7) is 3.72. The summed E-state index contributed by atoms with van der Waals surface area (Å²) in [5.74, 6) is -1.91. The van der Waals surface area contributed by atoms with Crippen molar-refractivity contribution in [1.82, 2.24) is 15.1 Å². The second-order valence-corrected chi connectivity index (χ2v) is 7.93. The normalized spacial score (nSPS) is 28.5. The number of nitrogens with one attached hydrogen (secondary N) is 1. The van der Waals surface area contributed by atoms with Crippen LogP contribution in [0, 0.1) is 0 Å². The lowest BCUT2D eigenvalue weighted by atomic mass is 9.98. The molecule has 8 nitrogen and oxygen atoms in total. The van der Waals surface area contributed by atoms with E-state index in [0.29, 0.717) is 23.7 Å². The largest absolute Gasteiger partial charge is 0.328 e. The summed E-state index contributed by atoms with van der Waals surface area (Å²) in [6.07, 6.45) is 2.15. The first-order chi connectivity index (χ1) is 13.3. The van der Waals surface area contributed by atoms with Crippen LogP contribution in [0.25, 0.3) is 0 Å². The first-order valence-electron chi connectivity index (χ1n) is 9.69. The summed E-state index contributed by atoms with van der Waals surface area (Å²) < 4.78 is 0. The highest BCUT2D eigenvalue weighted by molar-refractivity contribution is 6.23. The molecule has 0 aromatic heterocycles. The SMILES string of the molecule is CC1CC(N)CCN1Cc1ccc2c(c1)C(=O)N(C1CCC(=O)NC1=O)C2=O. The maximum absolute atomic E-state index is 12.9. The number of nitrogens with zero attached hydrogens (tertiary/aromatic N) is 2. The zero-order chi connectivity index (χ0) is 20.0. The Morgan fingerprint density at radius 3 is 2.57 bits per heavy atom. The van der Waals surface area contributed by atoms with Crippen LogP contribution in [0.3, 0.4) is 0 Å². The fourth-order valence-corrected chi connectivity index (χ4v) is 4.34. The number of carbonyl (C=O) groups is 4. The Morgan fingerprint density at radius 2 is 1.86 bits per heavy atom. The number of amides is 4. The molecule has 0 bridgehead atoms. The molecular weight excluding hydrogens is 360 g/mol. The number of imide groups is 2. The first-order valence-corrected chi connectivity index (χ1v) is 9.69. The van der Waals surface area contributed by atoms with Crippen molar-refractivity contribution in [3.8, 4) is 0 Å². The van der Waals surface area contributed by atoms with Gasteiger partial charge in [-0.05, 0) is 43.9 Å². The Labute approximate surface area is 163 Å². The van der Waals surface area contributed by atoms with Crippen molar-refractivity contribution in [2.75, 3.05) is 6.54 Å². The number of hydrogen-bond donors (Lipinski definition) is 2. The van der Waals surface area contributed by atoms with Crippen LogP contribution < -0.4 is 11.1 Å². The van der Waals surface area contributed by atoms with Gasteiger partial charge in [0.1, 0.15) is 6.04 Å². The van der Waals surface area contributed by atoms with E-state index in [9.17, 15) is 19.2 Å². The molecule has 1 aromatic carbocycles. The van der Waals surface area contributed by atoms with E-state index in [1.54, 1.807) is 12.1 Å². The number of benzene rings is 1. The molecule has 0 radical (unpaired) electrons. The van der Waals surface area contributed by atoms with Crippen LogP contribution in [0.15, 0.2) is 18.2 Å². The molecule has 3 N–H and O–H groups in total. The molecule has 3 unspecified atom stereocenters. The number of piperidine rings is 2. The van der Waals surface area contributed by atoms with Gasteiger partial charge in [-0.2, -0.15) is 0 Å². The predicted molar refractivity (Wildman–Crippen MR) is 100 cm³/mol. The Hall–Kier alpha value is -2.58. The van der Waals surface area contributed by atoms with Gasteiger partial charge in [-0.3, -0.25) is 34.3 Å². The van der Waals surface area contributed by atoms with Crippen molar-refractivity contribution in [3.05, 3.63) is 34.9 Å². The van der Waals surface area contributed by atoms with Crippen molar-refractivity contribution >= 4 is 23.6 Å². The van der Waals surface area contributed by atoms with Crippen molar-refractivity contribution in [2.45, 2.75) is 57.3 Å². The van der Waals surface area contributed by atoms with Crippen LogP contribution in [-0.2, 0) is 16.1 Å². The van der Waals surface area contributed by atoms with Gasteiger partial charge < -0.3 is 5.73 Å². The van der Waals surface area contributed by atoms with Crippen molar-refractivity contribution < 1.29 is 19.2 Å². The van der Waals surface area contributed by atoms with Gasteiger partial charge in [0.15, 0.2) is 0 Å². The Kier molecular flexibility index (Phi) is 4.76. The molecule has 3 heterocycles. The van der Waals surface area contributed by atoms with Gasteiger partial charge in [-0.15, -0.1) is 0 Å². The first kappa shape index (κ1) is 18.8. The molecule has 2 saturated heterocycles. The molecule has 0 spiro atoms. The molecule has 3 aliphatic heterocycles. The summed E-state index contributed by atoms with van der Waals surface area (Å²) in [5.41, 5.74) is 7.62. The van der Waals surface area contributed by atoms with Gasteiger partial charge in [0.2, 0.25) is 11.8 Å². The lowest BCUT2D eigenvalue weighted by molar-refractivity contribution is -0.136. The highest BCUT2D eigenvalue weighted by Gasteiger charge is 2.44. The van der Waals surface area contributed by atoms with Gasteiger partial charge in [-0.1, -0.05) is 6.07 Å². The van der Waals surface area contributed by atoms with Gasteiger partial charge in [0.25, 0.3) is 11.8 Å². The predicted octanol–water partition coefficient (Wildman–Crippen LogP) is 0.399. The van der Waals surface area contributed by atoms with Crippen LogP contribution in [0.4, 0.5) is 0 Å². The second kappa shape index (κ2) is 7.10. The average molecular weight is 384 g/mol. The lowest BCUT2D eigenvalue weighted by Gasteiger charge is -2.36. The third-order valence-corrected chi connectivity index (χ3v) is 5.94. The van der Waals surface area contributed by atoms with Crippen LogP contribution in [0.1, 0.15) is 58.9 Å². The molecule has 4 amide bonds. The van der Waals surface area contributed by atoms with Gasteiger partial charge >= 0.3 is 0 Å². The van der Waals surface area contributed by atoms with E-state index in [-0.39, 0.29) is 24.8 Å². The summed E-state index contributed by atoms with van der Waals surface area (Å²) >= 11 is 0. The summed E-state index contributed by atoms with van der Waals surface area (Å²) in [7, 11) is 0. The fourth-order valence-electron chi connectivity index (χ4n) is 4.34. The van der Waals surface area contributed by atoms with Crippen LogP contribution in [-0.4, -0.2) is 58.1 Å². The minimum absolute atomic E-state index is 0.115. The monoisotopic (exact) mass is 384 g/mol. The minimum atomic E-state index is -0.933. The number of likely N-dealkylation sites (tertiary alicyclic amines) is 1. The fraction of sp³-hybridized carbons (Fsp3) is 0.500. The minimum Gasteiger partial charge on any atom is -0.328 e. The molecular formula is C20H24N4O4. The third-order valence-electron chi connectivity index (χ3n) is 5.94. The smallest absolute Gasteiger partial charge is 0.262 e. The molecule has 4 rings (SSSR count). The van der Waals surface area contributed by atoms with Gasteiger partial charge in [0.05, 0.1) is 11.1 Å². The van der Waals surface area contributed by atoms with E-state index >= 15 is 0 Å². The van der Waals surface area contributed by atoms with E-state index in [1.807, 2.05) is 6.07 Å². The Bertz CT molecular complexity index is 868. The number of nitrogens with two attached hydrogens (primary N) is 1. The molecule has 8 heteroatoms. The van der Waals surface area contributed by atoms with Crippen molar-refractivity contribution in [3.63, 3.8) is 0 Å². The van der Waals surface area contributed by atoms with E-state index < -0.39 is 23.8 Å². The van der Waals surface area contributed by atoms with Crippen LogP contribution in [0.2, 0.25) is 0 Å². The van der Waals surface area contributed by atoms with E-state index in [4.69, 9.17) is 5.73 Å². The summed E-state index contributed by atoms with van der Waals surface area (Å²) in [5, 5.41) is 2.21. The van der Waals surface area contributed by atoms with Crippen LogP contribution >= 0.6 is 0 Å². The maximum Gasteiger partial charge on any atom is 0.262 e. The molecule has 0 aliphatic carbocycles.